The second kappa shape index (κ2) is 4.85. The van der Waals surface area contributed by atoms with E-state index in [-0.39, 0.29) is 0 Å². The molecule has 0 amide bonds. The van der Waals surface area contributed by atoms with Gasteiger partial charge in [0.05, 0.1) is 0 Å². The number of nitrogens with zero attached hydrogens (tertiary/aromatic N) is 1. The molecule has 3 unspecified atom stereocenters. The van der Waals surface area contributed by atoms with Gasteiger partial charge >= 0.3 is 0 Å². The highest BCUT2D eigenvalue weighted by Crippen LogP contribution is 2.36. The van der Waals surface area contributed by atoms with Crippen LogP contribution in [-0.2, 0) is 0 Å². The lowest BCUT2D eigenvalue weighted by molar-refractivity contribution is 0.101. The highest BCUT2D eigenvalue weighted by atomic mass is 35.5. The van der Waals surface area contributed by atoms with Gasteiger partial charge in [-0.3, -0.25) is 4.90 Å². The first-order valence-corrected chi connectivity index (χ1v) is 6.64. The molecule has 0 aromatic heterocycles. The summed E-state index contributed by atoms with van der Waals surface area (Å²) in [6, 6.07) is 0.911. The first-order chi connectivity index (χ1) is 6.81. The molecule has 1 aliphatic carbocycles. The van der Waals surface area contributed by atoms with Crippen LogP contribution >= 0.6 is 11.6 Å². The molecule has 1 heterocycles. The van der Waals surface area contributed by atoms with Gasteiger partial charge < -0.3 is 0 Å². The summed E-state index contributed by atoms with van der Waals surface area (Å²) in [6.45, 7) is 4.82. The number of hydrogen-bond donors (Lipinski definition) is 0. The molecule has 2 heteroatoms. The number of likely N-dealkylation sites (tertiary alicyclic amines) is 1. The number of piperidine rings is 1. The molecule has 14 heavy (non-hydrogen) atoms. The predicted octanol–water partition coefficient (Wildman–Crippen LogP) is 3.13. The van der Waals surface area contributed by atoms with Crippen molar-refractivity contribution in [1.82, 2.24) is 4.90 Å². The van der Waals surface area contributed by atoms with Crippen LogP contribution in [0.2, 0.25) is 0 Å². The molecule has 3 atom stereocenters. The minimum Gasteiger partial charge on any atom is -0.300 e. The number of fused-ring (bicyclic) bond motifs is 1. The van der Waals surface area contributed by atoms with E-state index in [9.17, 15) is 0 Å². The van der Waals surface area contributed by atoms with Gasteiger partial charge in [0, 0.05) is 18.5 Å². The van der Waals surface area contributed by atoms with Crippen LogP contribution in [0.3, 0.4) is 0 Å². The molecule has 82 valence electrons. The first kappa shape index (κ1) is 10.8. The third-order valence-electron chi connectivity index (χ3n) is 3.92. The summed E-state index contributed by atoms with van der Waals surface area (Å²) in [7, 11) is 0. The zero-order valence-corrected chi connectivity index (χ0v) is 9.97. The fourth-order valence-electron chi connectivity index (χ4n) is 3.23. The third-order valence-corrected chi connectivity index (χ3v) is 4.44. The van der Waals surface area contributed by atoms with Gasteiger partial charge in [0.1, 0.15) is 0 Å². The van der Waals surface area contributed by atoms with Crippen molar-refractivity contribution in [3.05, 3.63) is 0 Å². The Balaban J connectivity index is 1.90. The van der Waals surface area contributed by atoms with E-state index in [4.69, 9.17) is 11.6 Å². The average molecular weight is 216 g/mol. The summed E-state index contributed by atoms with van der Waals surface area (Å²) in [5, 5.41) is 0. The van der Waals surface area contributed by atoms with Gasteiger partial charge in [-0.1, -0.05) is 13.3 Å². The van der Waals surface area contributed by atoms with E-state index in [1.165, 1.54) is 45.2 Å². The Bertz CT molecular complexity index is 183. The second-order valence-electron chi connectivity index (χ2n) is 5.15. The molecule has 2 fully saturated rings. The van der Waals surface area contributed by atoms with E-state index in [0.29, 0.717) is 5.92 Å². The Kier molecular flexibility index (Phi) is 3.73. The van der Waals surface area contributed by atoms with Crippen LogP contribution in [0.15, 0.2) is 0 Å². The number of halogens is 1. The molecule has 0 N–H and O–H groups in total. The minimum absolute atomic E-state index is 0.663. The standard InChI is InChI=1S/C12H22ClN/c1-10(8-13)9-14-7-3-5-11-4-2-6-12(11)14/h10-12H,2-9H2,1H3. The normalized spacial score (nSPS) is 35.6. The van der Waals surface area contributed by atoms with Gasteiger partial charge in [-0.25, -0.2) is 0 Å². The number of rotatable bonds is 3. The van der Waals surface area contributed by atoms with Crippen LogP contribution in [0.4, 0.5) is 0 Å². The molecular weight excluding hydrogens is 194 g/mol. The van der Waals surface area contributed by atoms with Crippen LogP contribution in [-0.4, -0.2) is 29.9 Å². The fourth-order valence-corrected chi connectivity index (χ4v) is 3.33. The third kappa shape index (κ3) is 2.25. The quantitative estimate of drug-likeness (QED) is 0.654. The smallest absolute Gasteiger partial charge is 0.0261 e. The molecule has 0 aromatic rings. The maximum absolute atomic E-state index is 5.89. The van der Waals surface area contributed by atoms with Crippen molar-refractivity contribution in [3.63, 3.8) is 0 Å². The average Bonchev–Trinajstić information content (AvgIpc) is 2.66. The highest BCUT2D eigenvalue weighted by Gasteiger charge is 2.34. The van der Waals surface area contributed by atoms with Crippen molar-refractivity contribution in [1.29, 1.82) is 0 Å². The Morgan fingerprint density at radius 3 is 2.86 bits per heavy atom. The summed E-state index contributed by atoms with van der Waals surface area (Å²) in [5.74, 6) is 2.50. The van der Waals surface area contributed by atoms with Crippen molar-refractivity contribution in [2.45, 2.75) is 45.1 Å². The van der Waals surface area contributed by atoms with Gasteiger partial charge in [0.25, 0.3) is 0 Å². The highest BCUT2D eigenvalue weighted by molar-refractivity contribution is 6.18. The Labute approximate surface area is 92.8 Å². The topological polar surface area (TPSA) is 3.24 Å². The van der Waals surface area contributed by atoms with E-state index in [0.717, 1.165) is 17.8 Å². The van der Waals surface area contributed by atoms with Gasteiger partial charge in [-0.15, -0.1) is 11.6 Å². The van der Waals surface area contributed by atoms with Gasteiger partial charge in [-0.2, -0.15) is 0 Å². The Morgan fingerprint density at radius 2 is 2.07 bits per heavy atom. The lowest BCUT2D eigenvalue weighted by atomic mass is 9.91. The number of alkyl halides is 1. The predicted molar refractivity (Wildman–Crippen MR) is 61.8 cm³/mol. The van der Waals surface area contributed by atoms with Gasteiger partial charge in [0.2, 0.25) is 0 Å². The van der Waals surface area contributed by atoms with Crippen molar-refractivity contribution >= 4 is 11.6 Å². The first-order valence-electron chi connectivity index (χ1n) is 6.11. The van der Waals surface area contributed by atoms with Crippen LogP contribution in [0.25, 0.3) is 0 Å². The van der Waals surface area contributed by atoms with Crippen LogP contribution < -0.4 is 0 Å². The molecule has 0 radical (unpaired) electrons. The lowest BCUT2D eigenvalue weighted by Gasteiger charge is -2.38. The molecule has 0 bridgehead atoms. The monoisotopic (exact) mass is 215 g/mol. The zero-order chi connectivity index (χ0) is 9.97. The van der Waals surface area contributed by atoms with E-state index in [1.807, 2.05) is 0 Å². The van der Waals surface area contributed by atoms with Crippen LogP contribution in [0.5, 0.6) is 0 Å². The van der Waals surface area contributed by atoms with Crippen molar-refractivity contribution in [2.75, 3.05) is 19.0 Å². The van der Waals surface area contributed by atoms with E-state index >= 15 is 0 Å². The molecule has 0 spiro atoms. The van der Waals surface area contributed by atoms with Crippen LogP contribution in [0, 0.1) is 11.8 Å². The minimum atomic E-state index is 0.663. The summed E-state index contributed by atoms with van der Waals surface area (Å²) in [6.07, 6.45) is 7.28. The fraction of sp³-hybridized carbons (Fsp3) is 1.00. The second-order valence-corrected chi connectivity index (χ2v) is 5.46. The van der Waals surface area contributed by atoms with E-state index in [1.54, 1.807) is 0 Å². The van der Waals surface area contributed by atoms with E-state index < -0.39 is 0 Å². The molecule has 1 saturated heterocycles. The maximum atomic E-state index is 5.89. The maximum Gasteiger partial charge on any atom is 0.0261 e. The van der Waals surface area contributed by atoms with E-state index in [2.05, 4.69) is 11.8 Å². The van der Waals surface area contributed by atoms with Crippen molar-refractivity contribution < 1.29 is 0 Å². The molecule has 1 saturated carbocycles. The van der Waals surface area contributed by atoms with Crippen molar-refractivity contribution in [2.24, 2.45) is 11.8 Å². The molecule has 1 aliphatic heterocycles. The molecule has 0 aromatic carbocycles. The molecular formula is C12H22ClN. The van der Waals surface area contributed by atoms with Gasteiger partial charge in [0.15, 0.2) is 0 Å². The largest absolute Gasteiger partial charge is 0.300 e. The molecule has 1 nitrogen and oxygen atoms in total. The summed E-state index contributed by atoms with van der Waals surface area (Å²) >= 11 is 5.89. The molecule has 2 aliphatic rings. The summed E-state index contributed by atoms with van der Waals surface area (Å²) in [5.41, 5.74) is 0. The SMILES string of the molecule is CC(CCl)CN1CCCC2CCCC21. The lowest BCUT2D eigenvalue weighted by Crippen LogP contribution is -2.44. The number of hydrogen-bond acceptors (Lipinski definition) is 1. The Morgan fingerprint density at radius 1 is 1.29 bits per heavy atom. The van der Waals surface area contributed by atoms with Gasteiger partial charge in [-0.05, 0) is 44.1 Å². The summed E-state index contributed by atoms with van der Waals surface area (Å²) in [4.78, 5) is 2.72. The van der Waals surface area contributed by atoms with Crippen molar-refractivity contribution in [3.8, 4) is 0 Å². The zero-order valence-electron chi connectivity index (χ0n) is 9.21. The Hall–Kier alpha value is 0.250. The summed E-state index contributed by atoms with van der Waals surface area (Å²) < 4.78 is 0. The molecule has 2 rings (SSSR count). The van der Waals surface area contributed by atoms with Crippen LogP contribution in [0.1, 0.15) is 39.0 Å².